The van der Waals surface area contributed by atoms with E-state index in [1.807, 2.05) is 37.3 Å². The maximum absolute atomic E-state index is 9.10. The Morgan fingerprint density at radius 3 is 2.42 bits per heavy atom. The number of rotatable bonds is 0. The van der Waals surface area contributed by atoms with Crippen molar-refractivity contribution in [2.24, 2.45) is 0 Å². The number of nitrogens with zero attached hydrogens (tertiary/aromatic N) is 4. The first kappa shape index (κ1) is 11.1. The summed E-state index contributed by atoms with van der Waals surface area (Å²) in [6, 6.07) is 13.2. The second kappa shape index (κ2) is 4.04. The van der Waals surface area contributed by atoms with Gasteiger partial charge in [-0.1, -0.05) is 18.2 Å². The molecule has 0 radical (unpaired) electrons. The first-order valence-corrected chi connectivity index (χ1v) is 5.74. The lowest BCUT2D eigenvalue weighted by Crippen LogP contribution is -1.92. The van der Waals surface area contributed by atoms with E-state index in [1.54, 1.807) is 12.1 Å². The highest BCUT2D eigenvalue weighted by Crippen LogP contribution is 2.26. The van der Waals surface area contributed by atoms with Gasteiger partial charge < -0.3 is 0 Å². The van der Waals surface area contributed by atoms with Crippen molar-refractivity contribution in [1.29, 1.82) is 10.5 Å². The normalized spacial score (nSPS) is 10.3. The van der Waals surface area contributed by atoms with Gasteiger partial charge in [0.05, 0.1) is 22.2 Å². The summed E-state index contributed by atoms with van der Waals surface area (Å²) < 4.78 is 0. The summed E-state index contributed by atoms with van der Waals surface area (Å²) >= 11 is 0. The lowest BCUT2D eigenvalue weighted by molar-refractivity contribution is 1.11. The highest BCUT2D eigenvalue weighted by atomic mass is 15.1. The maximum atomic E-state index is 9.10. The topological polar surface area (TPSA) is 73.4 Å². The molecule has 0 saturated carbocycles. The number of hydrogen-bond acceptors (Lipinski definition) is 4. The van der Waals surface area contributed by atoms with Crippen molar-refractivity contribution in [2.45, 2.75) is 6.92 Å². The fourth-order valence-corrected chi connectivity index (χ4v) is 2.18. The molecule has 88 valence electrons. The molecule has 0 saturated heterocycles. The third-order valence-corrected chi connectivity index (χ3v) is 3.16. The Morgan fingerprint density at radius 2 is 1.68 bits per heavy atom. The first-order chi connectivity index (χ1) is 9.24. The minimum Gasteiger partial charge on any atom is -0.192 e. The standard InChI is InChI=1S/C15H8N4/c1-9-3-2-4-12-13-5-10(7-16)11(8-17)6-14(13)18-19-15(9)12/h2-6H,1H3. The van der Waals surface area contributed by atoms with Gasteiger partial charge in [0.1, 0.15) is 12.1 Å². The van der Waals surface area contributed by atoms with Crippen LogP contribution in [0.15, 0.2) is 30.3 Å². The quantitative estimate of drug-likeness (QED) is 0.570. The van der Waals surface area contributed by atoms with Crippen molar-refractivity contribution < 1.29 is 0 Å². The molecule has 0 fully saturated rings. The number of hydrogen-bond donors (Lipinski definition) is 0. The molecule has 1 heterocycles. The zero-order chi connectivity index (χ0) is 13.4. The van der Waals surface area contributed by atoms with Crippen LogP contribution in [-0.2, 0) is 0 Å². The summed E-state index contributed by atoms with van der Waals surface area (Å²) in [6.07, 6.45) is 0. The van der Waals surface area contributed by atoms with Crippen LogP contribution in [0.25, 0.3) is 21.8 Å². The molecule has 4 nitrogen and oxygen atoms in total. The van der Waals surface area contributed by atoms with Crippen LogP contribution >= 0.6 is 0 Å². The molecular weight excluding hydrogens is 236 g/mol. The van der Waals surface area contributed by atoms with Crippen molar-refractivity contribution in [1.82, 2.24) is 10.2 Å². The highest BCUT2D eigenvalue weighted by molar-refractivity contribution is 6.05. The molecule has 0 aliphatic rings. The molecule has 0 bridgehead atoms. The molecule has 19 heavy (non-hydrogen) atoms. The molecule has 0 atom stereocenters. The van der Waals surface area contributed by atoms with Gasteiger partial charge in [-0.15, -0.1) is 10.2 Å². The summed E-state index contributed by atoms with van der Waals surface area (Å²) in [4.78, 5) is 0. The monoisotopic (exact) mass is 244 g/mol. The Morgan fingerprint density at radius 1 is 0.947 bits per heavy atom. The predicted octanol–water partition coefficient (Wildman–Crippen LogP) is 2.83. The molecule has 2 aromatic carbocycles. The van der Waals surface area contributed by atoms with Gasteiger partial charge in [0.2, 0.25) is 0 Å². The molecular formula is C15H8N4. The SMILES string of the molecule is Cc1cccc2c1nnc1cc(C#N)c(C#N)cc12. The molecule has 0 amide bonds. The van der Waals surface area contributed by atoms with Gasteiger partial charge >= 0.3 is 0 Å². The Kier molecular flexibility index (Phi) is 2.37. The van der Waals surface area contributed by atoms with Crippen LogP contribution in [0.5, 0.6) is 0 Å². The molecule has 0 unspecified atom stereocenters. The second-order valence-corrected chi connectivity index (χ2v) is 4.31. The van der Waals surface area contributed by atoms with Crippen LogP contribution in [0.3, 0.4) is 0 Å². The molecule has 0 N–H and O–H groups in total. The van der Waals surface area contributed by atoms with Crippen LogP contribution in [-0.4, -0.2) is 10.2 Å². The zero-order valence-corrected chi connectivity index (χ0v) is 10.2. The largest absolute Gasteiger partial charge is 0.192 e. The smallest absolute Gasteiger partial charge is 0.101 e. The number of benzene rings is 2. The average molecular weight is 244 g/mol. The van der Waals surface area contributed by atoms with Crippen molar-refractivity contribution in [3.8, 4) is 12.1 Å². The molecule has 3 rings (SSSR count). The van der Waals surface area contributed by atoms with Gasteiger partial charge in [0.15, 0.2) is 0 Å². The minimum absolute atomic E-state index is 0.330. The zero-order valence-electron chi connectivity index (χ0n) is 10.2. The Balaban J connectivity index is 2.54. The van der Waals surface area contributed by atoms with Gasteiger partial charge in [0.25, 0.3) is 0 Å². The number of aryl methyl sites for hydroxylation is 1. The van der Waals surface area contributed by atoms with E-state index >= 15 is 0 Å². The Hall–Kier alpha value is -2.98. The van der Waals surface area contributed by atoms with Crippen molar-refractivity contribution in [3.63, 3.8) is 0 Å². The third kappa shape index (κ3) is 1.59. The van der Waals surface area contributed by atoms with Gasteiger partial charge in [-0.25, -0.2) is 0 Å². The van der Waals surface area contributed by atoms with E-state index in [-0.39, 0.29) is 0 Å². The predicted molar refractivity (Wildman–Crippen MR) is 71.2 cm³/mol. The molecule has 3 aromatic rings. The van der Waals surface area contributed by atoms with Crippen LogP contribution < -0.4 is 0 Å². The average Bonchev–Trinajstić information content (AvgIpc) is 2.45. The lowest BCUT2D eigenvalue weighted by atomic mass is 10.0. The lowest BCUT2D eigenvalue weighted by Gasteiger charge is -2.05. The van der Waals surface area contributed by atoms with Crippen molar-refractivity contribution >= 4 is 21.8 Å². The molecule has 0 spiro atoms. The summed E-state index contributed by atoms with van der Waals surface area (Å²) in [5.41, 5.74) is 3.19. The van der Waals surface area contributed by atoms with Crippen molar-refractivity contribution in [2.75, 3.05) is 0 Å². The molecule has 1 aromatic heterocycles. The van der Waals surface area contributed by atoms with E-state index in [2.05, 4.69) is 10.2 Å². The molecule has 0 aliphatic carbocycles. The van der Waals surface area contributed by atoms with E-state index in [0.29, 0.717) is 16.6 Å². The van der Waals surface area contributed by atoms with Gasteiger partial charge in [-0.3, -0.25) is 0 Å². The molecule has 4 heteroatoms. The number of nitriles is 2. The van der Waals surface area contributed by atoms with Gasteiger partial charge in [-0.05, 0) is 24.6 Å². The van der Waals surface area contributed by atoms with E-state index in [4.69, 9.17) is 10.5 Å². The summed E-state index contributed by atoms with van der Waals surface area (Å²) in [6.45, 7) is 1.97. The first-order valence-electron chi connectivity index (χ1n) is 5.74. The number of fused-ring (bicyclic) bond motifs is 3. The summed E-state index contributed by atoms with van der Waals surface area (Å²) in [7, 11) is 0. The minimum atomic E-state index is 0.330. The fourth-order valence-electron chi connectivity index (χ4n) is 2.18. The maximum Gasteiger partial charge on any atom is 0.101 e. The van der Waals surface area contributed by atoms with Crippen molar-refractivity contribution in [3.05, 3.63) is 47.0 Å². The van der Waals surface area contributed by atoms with Gasteiger partial charge in [-0.2, -0.15) is 10.5 Å². The Labute approximate surface area is 109 Å². The van der Waals surface area contributed by atoms with E-state index < -0.39 is 0 Å². The Bertz CT molecular complexity index is 898. The summed E-state index contributed by atoms with van der Waals surface area (Å²) in [5.74, 6) is 0. The van der Waals surface area contributed by atoms with Gasteiger partial charge in [0, 0.05) is 10.8 Å². The number of aromatic nitrogens is 2. The van der Waals surface area contributed by atoms with Crippen LogP contribution in [0.1, 0.15) is 16.7 Å². The second-order valence-electron chi connectivity index (χ2n) is 4.31. The van der Waals surface area contributed by atoms with E-state index in [0.717, 1.165) is 21.9 Å². The fraction of sp³-hybridized carbons (Fsp3) is 0.0667. The van der Waals surface area contributed by atoms with E-state index in [1.165, 1.54) is 0 Å². The van der Waals surface area contributed by atoms with E-state index in [9.17, 15) is 0 Å². The third-order valence-electron chi connectivity index (χ3n) is 3.16. The van der Waals surface area contributed by atoms with Crippen LogP contribution in [0, 0.1) is 29.6 Å². The highest BCUT2D eigenvalue weighted by Gasteiger charge is 2.09. The summed E-state index contributed by atoms with van der Waals surface area (Å²) in [5, 5.41) is 28.3. The molecule has 0 aliphatic heterocycles. The van der Waals surface area contributed by atoms with Crippen LogP contribution in [0.4, 0.5) is 0 Å². The van der Waals surface area contributed by atoms with Crippen LogP contribution in [0.2, 0.25) is 0 Å².